The monoisotopic (exact) mass is 191 g/mol. The highest BCUT2D eigenvalue weighted by Gasteiger charge is 2.47. The molecule has 2 aliphatic rings. The lowest BCUT2D eigenvalue weighted by atomic mass is 9.91. The first-order chi connectivity index (χ1) is 6.85. The van der Waals surface area contributed by atoms with Crippen molar-refractivity contribution in [2.24, 2.45) is 17.8 Å². The molecule has 0 spiro atoms. The van der Waals surface area contributed by atoms with E-state index in [9.17, 15) is 0 Å². The van der Waals surface area contributed by atoms with E-state index in [0.29, 0.717) is 6.04 Å². The Kier molecular flexibility index (Phi) is 3.13. The highest BCUT2D eigenvalue weighted by molar-refractivity contribution is 5.00. The van der Waals surface area contributed by atoms with Crippen molar-refractivity contribution in [3.63, 3.8) is 0 Å². The maximum atomic E-state index is 5.33. The van der Waals surface area contributed by atoms with Gasteiger partial charge in [0.15, 0.2) is 0 Å². The van der Waals surface area contributed by atoms with Gasteiger partial charge >= 0.3 is 0 Å². The smallest absolute Gasteiger partial charge is 0.0104 e. The second kappa shape index (κ2) is 4.36. The van der Waals surface area contributed by atoms with Crippen LogP contribution >= 0.6 is 0 Å². The van der Waals surface area contributed by atoms with Gasteiger partial charge in [-0.15, -0.1) is 12.3 Å². The Morgan fingerprint density at radius 1 is 1.36 bits per heavy atom. The van der Waals surface area contributed by atoms with E-state index in [-0.39, 0.29) is 0 Å². The molecule has 78 valence electrons. The van der Waals surface area contributed by atoms with Crippen molar-refractivity contribution in [3.8, 4) is 12.3 Å². The van der Waals surface area contributed by atoms with Gasteiger partial charge < -0.3 is 5.32 Å². The van der Waals surface area contributed by atoms with Gasteiger partial charge in [-0.2, -0.15) is 0 Å². The van der Waals surface area contributed by atoms with E-state index in [1.165, 1.54) is 25.7 Å². The summed E-state index contributed by atoms with van der Waals surface area (Å²) in [5, 5.41) is 3.60. The molecule has 1 heteroatoms. The van der Waals surface area contributed by atoms with E-state index in [1.54, 1.807) is 0 Å². The lowest BCUT2D eigenvalue weighted by molar-refractivity contribution is 0.325. The minimum absolute atomic E-state index is 0.698. The second-order valence-electron chi connectivity index (χ2n) is 4.89. The quantitative estimate of drug-likeness (QED) is 0.658. The van der Waals surface area contributed by atoms with Crippen molar-refractivity contribution in [2.45, 2.75) is 45.1 Å². The molecule has 0 aromatic carbocycles. The fraction of sp³-hybridized carbons (Fsp3) is 0.846. The molecule has 2 saturated carbocycles. The van der Waals surface area contributed by atoms with Gasteiger partial charge in [0.05, 0.1) is 0 Å². The molecule has 3 atom stereocenters. The molecule has 2 rings (SSSR count). The van der Waals surface area contributed by atoms with Crippen molar-refractivity contribution in [1.29, 1.82) is 0 Å². The first-order valence-corrected chi connectivity index (χ1v) is 6.02. The minimum Gasteiger partial charge on any atom is -0.314 e. The van der Waals surface area contributed by atoms with Crippen LogP contribution in [0.1, 0.15) is 39.0 Å². The molecule has 1 nitrogen and oxygen atoms in total. The van der Waals surface area contributed by atoms with Crippen molar-refractivity contribution in [2.75, 3.05) is 6.54 Å². The highest BCUT2D eigenvalue weighted by Crippen LogP contribution is 2.55. The lowest BCUT2D eigenvalue weighted by Gasteiger charge is -2.24. The van der Waals surface area contributed by atoms with Gasteiger partial charge in [0.2, 0.25) is 0 Å². The van der Waals surface area contributed by atoms with Crippen molar-refractivity contribution in [3.05, 3.63) is 0 Å². The zero-order valence-electron chi connectivity index (χ0n) is 9.13. The molecule has 3 unspecified atom stereocenters. The topological polar surface area (TPSA) is 12.0 Å². The molecule has 1 N–H and O–H groups in total. The van der Waals surface area contributed by atoms with Crippen LogP contribution in [-0.4, -0.2) is 12.6 Å². The first kappa shape index (κ1) is 10.1. The summed E-state index contributed by atoms with van der Waals surface area (Å²) in [7, 11) is 0. The zero-order valence-corrected chi connectivity index (χ0v) is 9.13. The molecule has 0 heterocycles. The van der Waals surface area contributed by atoms with Gasteiger partial charge in [-0.05, 0) is 50.0 Å². The van der Waals surface area contributed by atoms with E-state index in [4.69, 9.17) is 6.42 Å². The van der Waals surface area contributed by atoms with Gasteiger partial charge in [-0.1, -0.05) is 6.92 Å². The van der Waals surface area contributed by atoms with Gasteiger partial charge in [0.1, 0.15) is 0 Å². The molecule has 0 amide bonds. The van der Waals surface area contributed by atoms with E-state index >= 15 is 0 Å². The molecule has 0 aliphatic heterocycles. The van der Waals surface area contributed by atoms with Gasteiger partial charge in [0.25, 0.3) is 0 Å². The standard InChI is InChI=1S/C13H21N/c1-3-5-6-13(14-4-2)12-8-10-7-11(10)9-12/h1,10-14H,4-9H2,2H3. The number of nitrogens with one attached hydrogen (secondary N) is 1. The number of hydrogen-bond donors (Lipinski definition) is 1. The predicted octanol–water partition coefficient (Wildman–Crippen LogP) is 2.42. The zero-order chi connectivity index (χ0) is 9.97. The van der Waals surface area contributed by atoms with E-state index in [1.807, 2.05) is 0 Å². The van der Waals surface area contributed by atoms with E-state index in [2.05, 4.69) is 18.2 Å². The maximum absolute atomic E-state index is 5.33. The largest absolute Gasteiger partial charge is 0.314 e. The summed E-state index contributed by atoms with van der Waals surface area (Å²) in [6, 6.07) is 0.698. The predicted molar refractivity (Wildman–Crippen MR) is 59.9 cm³/mol. The molecule has 0 bridgehead atoms. The summed E-state index contributed by atoms with van der Waals surface area (Å²) in [5.74, 6) is 5.87. The Labute approximate surface area is 87.7 Å². The molecule has 2 fully saturated rings. The van der Waals surface area contributed by atoms with Crippen molar-refractivity contribution < 1.29 is 0 Å². The van der Waals surface area contributed by atoms with Crippen LogP contribution in [0.25, 0.3) is 0 Å². The Bertz CT molecular complexity index is 218. The third kappa shape index (κ3) is 2.12. The summed E-state index contributed by atoms with van der Waals surface area (Å²) in [5.41, 5.74) is 0. The van der Waals surface area contributed by atoms with Crippen LogP contribution in [0.2, 0.25) is 0 Å². The molecule has 0 aromatic heterocycles. The highest BCUT2D eigenvalue weighted by atomic mass is 14.9. The second-order valence-corrected chi connectivity index (χ2v) is 4.89. The van der Waals surface area contributed by atoms with Crippen LogP contribution in [0.15, 0.2) is 0 Å². The summed E-state index contributed by atoms with van der Waals surface area (Å²) in [6.07, 6.45) is 11.9. The molecule has 0 radical (unpaired) electrons. The van der Waals surface area contributed by atoms with E-state index < -0.39 is 0 Å². The van der Waals surface area contributed by atoms with Crippen molar-refractivity contribution >= 4 is 0 Å². The third-order valence-corrected chi connectivity index (χ3v) is 3.92. The lowest BCUT2D eigenvalue weighted by Crippen LogP contribution is -2.35. The van der Waals surface area contributed by atoms with Crippen molar-refractivity contribution in [1.82, 2.24) is 5.32 Å². The summed E-state index contributed by atoms with van der Waals surface area (Å²) < 4.78 is 0. The summed E-state index contributed by atoms with van der Waals surface area (Å²) >= 11 is 0. The molecular weight excluding hydrogens is 170 g/mol. The Balaban J connectivity index is 1.80. The Morgan fingerprint density at radius 2 is 2.07 bits per heavy atom. The fourth-order valence-electron chi connectivity index (χ4n) is 3.10. The van der Waals surface area contributed by atoms with Gasteiger partial charge in [-0.3, -0.25) is 0 Å². The Morgan fingerprint density at radius 3 is 2.64 bits per heavy atom. The molecule has 14 heavy (non-hydrogen) atoms. The third-order valence-electron chi connectivity index (χ3n) is 3.92. The maximum Gasteiger partial charge on any atom is 0.0104 e. The normalized spacial score (nSPS) is 36.1. The average molecular weight is 191 g/mol. The summed E-state index contributed by atoms with van der Waals surface area (Å²) in [6.45, 7) is 3.28. The number of terminal acetylenes is 1. The van der Waals surface area contributed by atoms with Crippen LogP contribution in [-0.2, 0) is 0 Å². The van der Waals surface area contributed by atoms with Gasteiger partial charge in [-0.25, -0.2) is 0 Å². The van der Waals surface area contributed by atoms with E-state index in [0.717, 1.165) is 30.7 Å². The summed E-state index contributed by atoms with van der Waals surface area (Å²) in [4.78, 5) is 0. The van der Waals surface area contributed by atoms with Crippen LogP contribution in [0.4, 0.5) is 0 Å². The van der Waals surface area contributed by atoms with Crippen LogP contribution in [0, 0.1) is 30.1 Å². The fourth-order valence-corrected chi connectivity index (χ4v) is 3.10. The van der Waals surface area contributed by atoms with Crippen LogP contribution < -0.4 is 5.32 Å². The van der Waals surface area contributed by atoms with Crippen LogP contribution in [0.5, 0.6) is 0 Å². The molecular formula is C13H21N. The first-order valence-electron chi connectivity index (χ1n) is 6.02. The molecule has 2 aliphatic carbocycles. The van der Waals surface area contributed by atoms with Crippen LogP contribution in [0.3, 0.4) is 0 Å². The number of fused-ring (bicyclic) bond motifs is 1. The molecule has 0 aromatic rings. The SMILES string of the molecule is C#CCCC(NCC)C1CC2CC2C1. The van der Waals surface area contributed by atoms with Gasteiger partial charge in [0, 0.05) is 12.5 Å². The number of rotatable bonds is 5. The Hall–Kier alpha value is -0.480. The average Bonchev–Trinajstić information content (AvgIpc) is 2.81. The number of hydrogen-bond acceptors (Lipinski definition) is 1. The minimum atomic E-state index is 0.698. The molecule has 0 saturated heterocycles.